The van der Waals surface area contributed by atoms with Gasteiger partial charge in [0, 0.05) is 49.9 Å². The molecule has 0 bridgehead atoms. The zero-order valence-corrected chi connectivity index (χ0v) is 21.9. The molecule has 0 amide bonds. The van der Waals surface area contributed by atoms with E-state index in [4.69, 9.17) is 0 Å². The third kappa shape index (κ3) is 5.23. The topological polar surface area (TPSA) is 79.2 Å². The summed E-state index contributed by atoms with van der Waals surface area (Å²) < 4.78 is 70.6. The molecular formula is C25H26F4N7OP. The van der Waals surface area contributed by atoms with Crippen LogP contribution in [0.15, 0.2) is 48.8 Å². The minimum atomic E-state index is -4.56. The Morgan fingerprint density at radius 1 is 1.03 bits per heavy atom. The number of likely N-dealkylation sites (N-methyl/N-ethyl adjacent to an activating group) is 1. The van der Waals surface area contributed by atoms with Crippen molar-refractivity contribution in [1.29, 1.82) is 0 Å². The van der Waals surface area contributed by atoms with Gasteiger partial charge in [-0.2, -0.15) is 18.2 Å². The van der Waals surface area contributed by atoms with Crippen LogP contribution in [-0.4, -0.2) is 71.0 Å². The third-order valence-electron chi connectivity index (χ3n) is 6.42. The Morgan fingerprint density at radius 3 is 2.45 bits per heavy atom. The molecule has 200 valence electrons. The summed E-state index contributed by atoms with van der Waals surface area (Å²) in [5, 5.41) is 2.93. The Morgan fingerprint density at radius 2 is 1.76 bits per heavy atom. The zero-order valence-electron chi connectivity index (χ0n) is 21.0. The van der Waals surface area contributed by atoms with Crippen molar-refractivity contribution in [2.45, 2.75) is 6.18 Å². The van der Waals surface area contributed by atoms with E-state index in [1.54, 1.807) is 42.5 Å². The summed E-state index contributed by atoms with van der Waals surface area (Å²) in [5.41, 5.74) is 0.0541. The van der Waals surface area contributed by atoms with E-state index >= 15 is 0 Å². The second-order valence-corrected chi connectivity index (χ2v) is 12.8. The molecule has 0 saturated carbocycles. The minimum absolute atomic E-state index is 0.00914. The summed E-state index contributed by atoms with van der Waals surface area (Å²) in [7, 11) is -0.734. The van der Waals surface area contributed by atoms with Crippen LogP contribution in [0.3, 0.4) is 0 Å². The molecule has 0 aliphatic carbocycles. The number of aromatic nitrogens is 4. The second-order valence-electron chi connectivity index (χ2n) is 9.63. The Bertz CT molecular complexity index is 1540. The van der Waals surface area contributed by atoms with Crippen LogP contribution >= 0.6 is 7.14 Å². The number of pyridine rings is 1. The van der Waals surface area contributed by atoms with Crippen molar-refractivity contribution in [2.24, 2.45) is 0 Å². The van der Waals surface area contributed by atoms with Gasteiger partial charge < -0.3 is 19.7 Å². The fourth-order valence-corrected chi connectivity index (χ4v) is 5.13. The average Bonchev–Trinajstić information content (AvgIpc) is 3.19. The summed E-state index contributed by atoms with van der Waals surface area (Å²) >= 11 is 0. The first kappa shape index (κ1) is 26.1. The van der Waals surface area contributed by atoms with Gasteiger partial charge in [0.05, 0.1) is 10.9 Å². The predicted molar refractivity (Wildman–Crippen MR) is 140 cm³/mol. The number of anilines is 3. The molecule has 8 nitrogen and oxygen atoms in total. The highest BCUT2D eigenvalue weighted by atomic mass is 31.2. The molecule has 0 atom stereocenters. The number of rotatable bonds is 5. The van der Waals surface area contributed by atoms with Crippen molar-refractivity contribution < 1.29 is 22.1 Å². The summed E-state index contributed by atoms with van der Waals surface area (Å²) in [6, 6.07) is 8.95. The number of benzene rings is 1. The quantitative estimate of drug-likeness (QED) is 0.286. The molecule has 1 aromatic carbocycles. The molecule has 13 heteroatoms. The standard InChI is InChI=1S/C25H26F4N7OP/c1-34-9-11-35(12-10-34)20-8-7-16(13-18(20)25(27,28)29)31-24-30-14-17-19(26)15-36(23(17)33-24)21-5-4-6-22(32-21)38(2,3)37/h4-8,13-15H,9-12H2,1-3H3,(H,30,31,33). The van der Waals surface area contributed by atoms with Crippen LogP contribution in [0.4, 0.5) is 34.9 Å². The van der Waals surface area contributed by atoms with E-state index in [-0.39, 0.29) is 28.4 Å². The van der Waals surface area contributed by atoms with Crippen molar-refractivity contribution in [2.75, 3.05) is 56.8 Å². The van der Waals surface area contributed by atoms with Crippen molar-refractivity contribution in [3.05, 3.63) is 60.2 Å². The van der Waals surface area contributed by atoms with Crippen LogP contribution in [0.2, 0.25) is 0 Å². The lowest BCUT2D eigenvalue weighted by Crippen LogP contribution is -2.45. The number of hydrogen-bond donors (Lipinski definition) is 1. The monoisotopic (exact) mass is 547 g/mol. The fourth-order valence-electron chi connectivity index (χ4n) is 4.34. The van der Waals surface area contributed by atoms with Gasteiger partial charge in [-0.05, 0) is 50.7 Å². The second kappa shape index (κ2) is 9.67. The number of nitrogens with one attached hydrogen (secondary N) is 1. The van der Waals surface area contributed by atoms with Gasteiger partial charge in [0.2, 0.25) is 5.95 Å². The first-order valence-corrected chi connectivity index (χ1v) is 14.5. The number of halogens is 4. The zero-order chi connectivity index (χ0) is 27.2. The molecule has 1 saturated heterocycles. The number of piperazine rings is 1. The molecule has 3 aromatic heterocycles. The first-order chi connectivity index (χ1) is 17.9. The van der Waals surface area contributed by atoms with Crippen LogP contribution in [0, 0.1) is 5.82 Å². The van der Waals surface area contributed by atoms with E-state index < -0.39 is 24.7 Å². The molecule has 0 radical (unpaired) electrons. The van der Waals surface area contributed by atoms with E-state index in [2.05, 4.69) is 25.2 Å². The molecule has 38 heavy (non-hydrogen) atoms. The van der Waals surface area contributed by atoms with Crippen molar-refractivity contribution >= 4 is 40.9 Å². The Balaban J connectivity index is 1.50. The van der Waals surface area contributed by atoms with Gasteiger partial charge in [-0.25, -0.2) is 14.4 Å². The van der Waals surface area contributed by atoms with E-state index in [9.17, 15) is 22.1 Å². The molecule has 1 aliphatic rings. The van der Waals surface area contributed by atoms with E-state index in [0.29, 0.717) is 37.4 Å². The predicted octanol–water partition coefficient (Wildman–Crippen LogP) is 4.72. The maximum absolute atomic E-state index is 14.7. The summed E-state index contributed by atoms with van der Waals surface area (Å²) in [6.45, 7) is 5.51. The molecule has 1 aliphatic heterocycles. The Hall–Kier alpha value is -3.50. The van der Waals surface area contributed by atoms with Crippen molar-refractivity contribution in [1.82, 2.24) is 24.4 Å². The van der Waals surface area contributed by atoms with Crippen LogP contribution in [0.1, 0.15) is 5.56 Å². The van der Waals surface area contributed by atoms with Gasteiger partial charge in [-0.15, -0.1) is 0 Å². The molecule has 0 spiro atoms. The van der Waals surface area contributed by atoms with Gasteiger partial charge >= 0.3 is 6.18 Å². The highest BCUT2D eigenvalue weighted by molar-refractivity contribution is 7.69. The lowest BCUT2D eigenvalue weighted by molar-refractivity contribution is -0.137. The Labute approximate surface area is 216 Å². The average molecular weight is 547 g/mol. The van der Waals surface area contributed by atoms with Crippen LogP contribution in [0.5, 0.6) is 0 Å². The van der Waals surface area contributed by atoms with Gasteiger partial charge in [0.1, 0.15) is 18.4 Å². The maximum atomic E-state index is 14.7. The molecule has 4 heterocycles. The lowest BCUT2D eigenvalue weighted by atomic mass is 10.1. The number of alkyl halides is 3. The van der Waals surface area contributed by atoms with Crippen LogP contribution < -0.4 is 15.7 Å². The lowest BCUT2D eigenvalue weighted by Gasteiger charge is -2.35. The SMILES string of the molecule is CN1CCN(c2ccc(Nc3ncc4c(F)cn(-c5cccc(P(C)(C)=O)n5)c4n3)cc2C(F)(F)F)CC1. The third-order valence-corrected chi connectivity index (χ3v) is 7.77. The van der Waals surface area contributed by atoms with Gasteiger partial charge in [-0.3, -0.25) is 4.57 Å². The fraction of sp³-hybridized carbons (Fsp3) is 0.320. The molecule has 0 unspecified atom stereocenters. The highest BCUT2D eigenvalue weighted by Crippen LogP contribution is 2.39. The largest absolute Gasteiger partial charge is 0.418 e. The van der Waals surface area contributed by atoms with Crippen molar-refractivity contribution in [3.63, 3.8) is 0 Å². The highest BCUT2D eigenvalue weighted by Gasteiger charge is 2.36. The normalized spacial score (nSPS) is 15.3. The summed E-state index contributed by atoms with van der Waals surface area (Å²) in [4.78, 5) is 16.7. The molecule has 1 fully saturated rings. The number of hydrogen-bond acceptors (Lipinski definition) is 7. The first-order valence-electron chi connectivity index (χ1n) is 11.9. The van der Waals surface area contributed by atoms with E-state index in [1.165, 1.54) is 23.0 Å². The minimum Gasteiger partial charge on any atom is -0.368 e. The van der Waals surface area contributed by atoms with E-state index in [0.717, 1.165) is 6.07 Å². The maximum Gasteiger partial charge on any atom is 0.418 e. The Kier molecular flexibility index (Phi) is 6.65. The molecular weight excluding hydrogens is 521 g/mol. The molecule has 5 rings (SSSR count). The molecule has 4 aromatic rings. The summed E-state index contributed by atoms with van der Waals surface area (Å²) in [6.07, 6.45) is -2.11. The van der Waals surface area contributed by atoms with Crippen LogP contribution in [-0.2, 0) is 10.7 Å². The smallest absolute Gasteiger partial charge is 0.368 e. The van der Waals surface area contributed by atoms with Crippen molar-refractivity contribution in [3.8, 4) is 5.82 Å². The number of fused-ring (bicyclic) bond motifs is 1. The van der Waals surface area contributed by atoms with Gasteiger partial charge in [0.15, 0.2) is 11.5 Å². The van der Waals surface area contributed by atoms with Gasteiger partial charge in [0.25, 0.3) is 0 Å². The van der Waals surface area contributed by atoms with E-state index in [1.807, 2.05) is 7.05 Å². The van der Waals surface area contributed by atoms with Gasteiger partial charge in [-0.1, -0.05) is 6.07 Å². The molecule has 1 N–H and O–H groups in total. The summed E-state index contributed by atoms with van der Waals surface area (Å²) in [5.74, 6) is -0.295. The van der Waals surface area contributed by atoms with Crippen LogP contribution in [0.25, 0.3) is 16.9 Å². The number of nitrogens with zero attached hydrogens (tertiary/aromatic N) is 6.